The summed E-state index contributed by atoms with van der Waals surface area (Å²) in [4.78, 5) is 13.4. The second-order valence-corrected chi connectivity index (χ2v) is 7.22. The van der Waals surface area contributed by atoms with Crippen molar-refractivity contribution in [1.82, 2.24) is 4.90 Å². The molecular formula is C18H27NO3. The molecule has 1 aliphatic rings. The van der Waals surface area contributed by atoms with E-state index in [1.165, 1.54) is 11.1 Å². The molecule has 1 atom stereocenters. The summed E-state index contributed by atoms with van der Waals surface area (Å²) in [5, 5.41) is 9.35. The van der Waals surface area contributed by atoms with Gasteiger partial charge in [0.15, 0.2) is 0 Å². The van der Waals surface area contributed by atoms with Crippen LogP contribution in [-0.4, -0.2) is 35.7 Å². The van der Waals surface area contributed by atoms with Crippen molar-refractivity contribution in [2.75, 3.05) is 13.7 Å². The topological polar surface area (TPSA) is 49.8 Å². The number of ether oxygens (including phenoxy) is 1. The summed E-state index contributed by atoms with van der Waals surface area (Å²) < 4.78 is 5.69. The van der Waals surface area contributed by atoms with E-state index in [-0.39, 0.29) is 11.5 Å². The van der Waals surface area contributed by atoms with E-state index in [9.17, 15) is 9.90 Å². The molecule has 0 spiro atoms. The first-order chi connectivity index (χ1) is 10.2. The molecule has 1 unspecified atom stereocenters. The van der Waals surface area contributed by atoms with Crippen molar-refractivity contribution < 1.29 is 14.6 Å². The normalized spacial score (nSPS) is 19.4. The zero-order valence-corrected chi connectivity index (χ0v) is 14.3. The van der Waals surface area contributed by atoms with Crippen LogP contribution in [0.2, 0.25) is 0 Å². The van der Waals surface area contributed by atoms with E-state index in [4.69, 9.17) is 4.74 Å². The molecule has 0 saturated carbocycles. The van der Waals surface area contributed by atoms with Gasteiger partial charge in [-0.2, -0.15) is 0 Å². The van der Waals surface area contributed by atoms with Gasteiger partial charge >= 0.3 is 5.97 Å². The van der Waals surface area contributed by atoms with Crippen molar-refractivity contribution in [1.29, 1.82) is 0 Å². The van der Waals surface area contributed by atoms with Crippen LogP contribution in [-0.2, 0) is 16.8 Å². The zero-order valence-electron chi connectivity index (χ0n) is 14.3. The highest BCUT2D eigenvalue weighted by molar-refractivity contribution is 5.73. The zero-order chi connectivity index (χ0) is 16.5. The number of hydrogen-bond donors (Lipinski definition) is 1. The Hall–Kier alpha value is -1.55. The molecule has 0 radical (unpaired) electrons. The lowest BCUT2D eigenvalue weighted by Crippen LogP contribution is -2.35. The van der Waals surface area contributed by atoms with E-state index in [2.05, 4.69) is 39.8 Å². The SMILES string of the molecule is COc1c(CN2CCCC2C(=O)O)cc(C)cc1C(C)(C)C. The van der Waals surface area contributed by atoms with Crippen LogP contribution in [0.15, 0.2) is 12.1 Å². The van der Waals surface area contributed by atoms with Crippen LogP contribution in [0.25, 0.3) is 0 Å². The predicted molar refractivity (Wildman–Crippen MR) is 87.5 cm³/mol. The van der Waals surface area contributed by atoms with Crippen molar-refractivity contribution in [3.63, 3.8) is 0 Å². The number of carbonyl (C=O) groups is 1. The van der Waals surface area contributed by atoms with Gasteiger partial charge in [0.2, 0.25) is 0 Å². The third-order valence-corrected chi connectivity index (χ3v) is 4.34. The number of hydrogen-bond acceptors (Lipinski definition) is 3. The lowest BCUT2D eigenvalue weighted by molar-refractivity contribution is -0.142. The Kier molecular flexibility index (Phi) is 4.81. The van der Waals surface area contributed by atoms with Gasteiger partial charge in [0, 0.05) is 17.7 Å². The largest absolute Gasteiger partial charge is 0.496 e. The Morgan fingerprint density at radius 3 is 2.64 bits per heavy atom. The summed E-state index contributed by atoms with van der Waals surface area (Å²) in [5.41, 5.74) is 3.44. The Balaban J connectivity index is 2.38. The summed E-state index contributed by atoms with van der Waals surface area (Å²) in [5.74, 6) is 0.175. The number of methoxy groups -OCH3 is 1. The fraction of sp³-hybridized carbons (Fsp3) is 0.611. The van der Waals surface area contributed by atoms with Gasteiger partial charge < -0.3 is 9.84 Å². The van der Waals surface area contributed by atoms with Gasteiger partial charge in [-0.1, -0.05) is 38.5 Å². The lowest BCUT2D eigenvalue weighted by atomic mass is 9.84. The van der Waals surface area contributed by atoms with Gasteiger partial charge in [0.1, 0.15) is 11.8 Å². The van der Waals surface area contributed by atoms with Crippen LogP contribution >= 0.6 is 0 Å². The number of likely N-dealkylation sites (tertiary alicyclic amines) is 1. The molecule has 1 aliphatic heterocycles. The summed E-state index contributed by atoms with van der Waals surface area (Å²) in [6.45, 7) is 10.1. The van der Waals surface area contributed by atoms with Gasteiger partial charge in [0.25, 0.3) is 0 Å². The van der Waals surface area contributed by atoms with Crippen molar-refractivity contribution in [2.24, 2.45) is 0 Å². The lowest BCUT2D eigenvalue weighted by Gasteiger charge is -2.27. The van der Waals surface area contributed by atoms with Gasteiger partial charge in [-0.25, -0.2) is 0 Å². The fourth-order valence-electron chi connectivity index (χ4n) is 3.28. The highest BCUT2D eigenvalue weighted by atomic mass is 16.5. The summed E-state index contributed by atoms with van der Waals surface area (Å²) in [7, 11) is 1.70. The van der Waals surface area contributed by atoms with Crippen LogP contribution in [0.1, 0.15) is 50.3 Å². The van der Waals surface area contributed by atoms with E-state index < -0.39 is 5.97 Å². The minimum absolute atomic E-state index is 0.0106. The number of rotatable bonds is 4. The second-order valence-electron chi connectivity index (χ2n) is 7.22. The minimum Gasteiger partial charge on any atom is -0.496 e. The van der Waals surface area contributed by atoms with Gasteiger partial charge in [-0.3, -0.25) is 9.69 Å². The first-order valence-corrected chi connectivity index (χ1v) is 7.89. The van der Waals surface area contributed by atoms with Crippen LogP contribution in [0.4, 0.5) is 0 Å². The molecule has 0 aliphatic carbocycles. The molecule has 2 rings (SSSR count). The smallest absolute Gasteiger partial charge is 0.320 e. The molecule has 4 nitrogen and oxygen atoms in total. The number of carboxylic acids is 1. The number of carboxylic acid groups (broad SMARTS) is 1. The molecule has 0 aromatic heterocycles. The van der Waals surface area contributed by atoms with Crippen molar-refractivity contribution in [3.05, 3.63) is 28.8 Å². The highest BCUT2D eigenvalue weighted by Crippen LogP contribution is 2.36. The number of nitrogens with zero attached hydrogens (tertiary/aromatic N) is 1. The molecule has 122 valence electrons. The Bertz CT molecular complexity index is 560. The van der Waals surface area contributed by atoms with E-state index in [0.717, 1.165) is 30.7 Å². The maximum atomic E-state index is 11.4. The van der Waals surface area contributed by atoms with Crippen molar-refractivity contribution >= 4 is 5.97 Å². The number of aliphatic carboxylic acids is 1. The van der Waals surface area contributed by atoms with Gasteiger partial charge in [-0.15, -0.1) is 0 Å². The average molecular weight is 305 g/mol. The van der Waals surface area contributed by atoms with E-state index in [1.807, 2.05) is 4.90 Å². The third-order valence-electron chi connectivity index (χ3n) is 4.34. The Morgan fingerprint density at radius 2 is 2.09 bits per heavy atom. The number of benzene rings is 1. The van der Waals surface area contributed by atoms with Crippen molar-refractivity contribution in [3.8, 4) is 5.75 Å². The molecule has 4 heteroatoms. The maximum Gasteiger partial charge on any atom is 0.320 e. The monoisotopic (exact) mass is 305 g/mol. The van der Waals surface area contributed by atoms with E-state index in [0.29, 0.717) is 6.54 Å². The van der Waals surface area contributed by atoms with Crippen LogP contribution in [0.5, 0.6) is 5.75 Å². The molecule has 1 fully saturated rings. The fourth-order valence-corrected chi connectivity index (χ4v) is 3.28. The molecule has 1 saturated heterocycles. The standard InChI is InChI=1S/C18H27NO3/c1-12-9-13(11-19-8-6-7-15(19)17(20)21)16(22-5)14(10-12)18(2,3)4/h9-10,15H,6-8,11H2,1-5H3,(H,20,21). The van der Waals surface area contributed by atoms with E-state index in [1.54, 1.807) is 7.11 Å². The summed E-state index contributed by atoms with van der Waals surface area (Å²) >= 11 is 0. The Labute approximate surface area is 133 Å². The summed E-state index contributed by atoms with van der Waals surface area (Å²) in [6.07, 6.45) is 1.67. The van der Waals surface area contributed by atoms with E-state index >= 15 is 0 Å². The molecule has 0 amide bonds. The molecule has 1 heterocycles. The van der Waals surface area contributed by atoms with Gasteiger partial charge in [-0.05, 0) is 31.7 Å². The minimum atomic E-state index is -0.722. The highest BCUT2D eigenvalue weighted by Gasteiger charge is 2.31. The van der Waals surface area contributed by atoms with Crippen LogP contribution < -0.4 is 4.74 Å². The maximum absolute atomic E-state index is 11.4. The molecule has 1 aromatic carbocycles. The predicted octanol–water partition coefficient (Wildman–Crippen LogP) is 3.35. The first-order valence-electron chi connectivity index (χ1n) is 7.89. The molecule has 1 N–H and O–H groups in total. The first kappa shape index (κ1) is 16.8. The van der Waals surface area contributed by atoms with Gasteiger partial charge in [0.05, 0.1) is 7.11 Å². The Morgan fingerprint density at radius 1 is 1.41 bits per heavy atom. The number of aryl methyl sites for hydroxylation is 1. The van der Waals surface area contributed by atoms with Crippen LogP contribution in [0.3, 0.4) is 0 Å². The van der Waals surface area contributed by atoms with Crippen LogP contribution in [0, 0.1) is 6.92 Å². The average Bonchev–Trinajstić information content (AvgIpc) is 2.85. The quantitative estimate of drug-likeness (QED) is 0.927. The molecular weight excluding hydrogens is 278 g/mol. The summed E-state index contributed by atoms with van der Waals surface area (Å²) in [6, 6.07) is 3.91. The molecule has 1 aromatic rings. The second kappa shape index (κ2) is 6.29. The molecule has 0 bridgehead atoms. The van der Waals surface area contributed by atoms with Crippen molar-refractivity contribution in [2.45, 2.75) is 58.5 Å². The third kappa shape index (κ3) is 3.43. The molecule has 22 heavy (non-hydrogen) atoms.